The van der Waals surface area contributed by atoms with Gasteiger partial charge in [0.25, 0.3) is 0 Å². The highest BCUT2D eigenvalue weighted by molar-refractivity contribution is 5.96. The zero-order valence-corrected chi connectivity index (χ0v) is 21.7. The standard InChI is InChI=1S/C30H33N5O3/c1-38-23-6-3-21(25(17-23)28(31)37)16-27(36)34-13-9-30(10-14-34)18-35(19-30)26-8-5-20-15-22(4-7-24(20)26)29-32-11-2-12-33-29/h2-4,6-7,11-12,15,17,26H,5,8-10,13-14,16,18-19H2,1H3,(H2,31,37). The first-order valence-electron chi connectivity index (χ1n) is 13.3. The van der Waals surface area contributed by atoms with Crippen molar-refractivity contribution in [1.82, 2.24) is 19.8 Å². The van der Waals surface area contributed by atoms with Crippen molar-refractivity contribution in [3.8, 4) is 17.1 Å². The van der Waals surface area contributed by atoms with E-state index in [4.69, 9.17) is 10.5 Å². The van der Waals surface area contributed by atoms with Crippen LogP contribution in [0.15, 0.2) is 54.9 Å². The molecule has 1 aromatic heterocycles. The molecule has 0 bridgehead atoms. The Morgan fingerprint density at radius 1 is 1.08 bits per heavy atom. The maximum Gasteiger partial charge on any atom is 0.249 e. The maximum atomic E-state index is 13.1. The van der Waals surface area contributed by atoms with E-state index in [1.54, 1.807) is 37.7 Å². The van der Waals surface area contributed by atoms with Gasteiger partial charge in [0.1, 0.15) is 5.75 Å². The summed E-state index contributed by atoms with van der Waals surface area (Å²) in [5.74, 6) is 0.837. The summed E-state index contributed by atoms with van der Waals surface area (Å²) in [6.07, 6.45) is 8.03. The molecule has 3 aliphatic rings. The Morgan fingerprint density at radius 2 is 1.84 bits per heavy atom. The van der Waals surface area contributed by atoms with Gasteiger partial charge in [0.15, 0.2) is 5.82 Å². The van der Waals surface area contributed by atoms with Crippen LogP contribution in [0, 0.1) is 5.41 Å². The van der Waals surface area contributed by atoms with Crippen LogP contribution in [0.5, 0.6) is 5.75 Å². The Balaban J connectivity index is 1.05. The Hall–Kier alpha value is -3.78. The molecule has 0 radical (unpaired) electrons. The van der Waals surface area contributed by atoms with Crippen LogP contribution in [-0.2, 0) is 17.6 Å². The topological polar surface area (TPSA) is 102 Å². The number of primary amides is 1. The minimum absolute atomic E-state index is 0.0478. The number of ether oxygens (including phenoxy) is 1. The van der Waals surface area contributed by atoms with Crippen LogP contribution in [-0.4, -0.2) is 64.9 Å². The highest BCUT2D eigenvalue weighted by atomic mass is 16.5. The third-order valence-electron chi connectivity index (χ3n) is 8.63. The fourth-order valence-electron chi connectivity index (χ4n) is 6.48. The van der Waals surface area contributed by atoms with Gasteiger partial charge in [-0.1, -0.05) is 18.2 Å². The lowest BCUT2D eigenvalue weighted by atomic mass is 9.71. The Morgan fingerprint density at radius 3 is 2.55 bits per heavy atom. The molecule has 2 aromatic carbocycles. The number of hydrogen-bond donors (Lipinski definition) is 1. The van der Waals surface area contributed by atoms with Crippen LogP contribution in [0.25, 0.3) is 11.4 Å². The van der Waals surface area contributed by atoms with Crippen LogP contribution < -0.4 is 10.5 Å². The summed E-state index contributed by atoms with van der Waals surface area (Å²) in [6, 6.07) is 14.1. The molecule has 3 heterocycles. The summed E-state index contributed by atoms with van der Waals surface area (Å²) in [4.78, 5) is 38.4. The molecule has 2 aliphatic heterocycles. The lowest BCUT2D eigenvalue weighted by Gasteiger charge is -2.56. The van der Waals surface area contributed by atoms with E-state index in [-0.39, 0.29) is 12.3 Å². The van der Waals surface area contributed by atoms with E-state index >= 15 is 0 Å². The largest absolute Gasteiger partial charge is 0.497 e. The van der Waals surface area contributed by atoms with Crippen LogP contribution in [0.2, 0.25) is 0 Å². The lowest BCUT2D eigenvalue weighted by molar-refractivity contribution is -0.136. The van der Waals surface area contributed by atoms with E-state index in [1.807, 2.05) is 11.0 Å². The number of likely N-dealkylation sites (tertiary alicyclic amines) is 2. The SMILES string of the molecule is COc1ccc(CC(=O)N2CCC3(CC2)CN(C2CCc4cc(-c5ncccn5)ccc42)C3)c(C(N)=O)c1. The number of fused-ring (bicyclic) bond motifs is 1. The maximum absolute atomic E-state index is 13.1. The molecule has 8 nitrogen and oxygen atoms in total. The number of methoxy groups -OCH3 is 1. The highest BCUT2D eigenvalue weighted by Crippen LogP contribution is 2.48. The second kappa shape index (κ2) is 9.83. The van der Waals surface area contributed by atoms with Crippen molar-refractivity contribution in [2.45, 2.75) is 38.1 Å². The second-order valence-corrected chi connectivity index (χ2v) is 10.9. The van der Waals surface area contributed by atoms with Crippen LogP contribution in [0.4, 0.5) is 0 Å². The first-order chi connectivity index (χ1) is 18.4. The van der Waals surface area contributed by atoms with Crippen LogP contribution in [0.3, 0.4) is 0 Å². The molecule has 2 amide bonds. The van der Waals surface area contributed by atoms with Crippen molar-refractivity contribution in [2.75, 3.05) is 33.3 Å². The molecule has 1 spiro atoms. The van der Waals surface area contributed by atoms with Crippen molar-refractivity contribution in [2.24, 2.45) is 11.1 Å². The molecule has 0 saturated carbocycles. The number of amides is 2. The Bertz CT molecular complexity index is 1360. The van der Waals surface area contributed by atoms with Crippen molar-refractivity contribution in [3.63, 3.8) is 0 Å². The average molecular weight is 512 g/mol. The summed E-state index contributed by atoms with van der Waals surface area (Å²) < 4.78 is 5.20. The predicted molar refractivity (Wildman–Crippen MR) is 144 cm³/mol. The van der Waals surface area contributed by atoms with E-state index in [0.29, 0.717) is 28.3 Å². The van der Waals surface area contributed by atoms with Crippen LogP contribution in [0.1, 0.15) is 52.4 Å². The number of hydrogen-bond acceptors (Lipinski definition) is 6. The molecule has 1 atom stereocenters. The van der Waals surface area contributed by atoms with Gasteiger partial charge in [0.2, 0.25) is 11.8 Å². The van der Waals surface area contributed by atoms with Crippen LogP contribution >= 0.6 is 0 Å². The number of carbonyl (C=O) groups is 2. The summed E-state index contributed by atoms with van der Waals surface area (Å²) in [5.41, 5.74) is 10.8. The van der Waals surface area contributed by atoms with E-state index in [9.17, 15) is 9.59 Å². The zero-order valence-electron chi connectivity index (χ0n) is 21.7. The third kappa shape index (κ3) is 4.53. The number of piperidine rings is 1. The minimum Gasteiger partial charge on any atom is -0.497 e. The monoisotopic (exact) mass is 511 g/mol. The Kier molecular flexibility index (Phi) is 6.35. The van der Waals surface area contributed by atoms with Gasteiger partial charge in [0.05, 0.1) is 13.5 Å². The molecule has 196 valence electrons. The molecule has 2 N–H and O–H groups in total. The molecule has 1 aliphatic carbocycles. The van der Waals surface area contributed by atoms with Crippen molar-refractivity contribution < 1.29 is 14.3 Å². The molecule has 38 heavy (non-hydrogen) atoms. The lowest BCUT2D eigenvalue weighted by Crippen LogP contribution is -2.61. The molecule has 8 heteroatoms. The quantitative estimate of drug-likeness (QED) is 0.544. The average Bonchev–Trinajstić information content (AvgIpc) is 3.35. The van der Waals surface area contributed by atoms with Gasteiger partial charge >= 0.3 is 0 Å². The molecule has 2 saturated heterocycles. The zero-order chi connectivity index (χ0) is 26.3. The summed E-state index contributed by atoms with van der Waals surface area (Å²) in [6.45, 7) is 3.70. The van der Waals surface area contributed by atoms with Crippen molar-refractivity contribution in [3.05, 3.63) is 77.1 Å². The highest BCUT2D eigenvalue weighted by Gasteiger charge is 2.48. The van der Waals surface area contributed by atoms with Crippen molar-refractivity contribution in [1.29, 1.82) is 0 Å². The smallest absolute Gasteiger partial charge is 0.249 e. The number of benzene rings is 2. The summed E-state index contributed by atoms with van der Waals surface area (Å²) >= 11 is 0. The number of carbonyl (C=O) groups excluding carboxylic acids is 2. The number of aryl methyl sites for hydroxylation is 1. The summed E-state index contributed by atoms with van der Waals surface area (Å²) in [7, 11) is 1.54. The van der Waals surface area contributed by atoms with E-state index in [1.165, 1.54) is 11.1 Å². The van der Waals surface area contributed by atoms with Gasteiger partial charge in [0, 0.05) is 55.7 Å². The first-order valence-corrected chi connectivity index (χ1v) is 13.3. The minimum atomic E-state index is -0.544. The van der Waals surface area contributed by atoms with E-state index < -0.39 is 5.91 Å². The fraction of sp³-hybridized carbons (Fsp3) is 0.400. The fourth-order valence-corrected chi connectivity index (χ4v) is 6.48. The number of nitrogens with zero attached hydrogens (tertiary/aromatic N) is 4. The van der Waals surface area contributed by atoms with Gasteiger partial charge in [-0.05, 0) is 72.1 Å². The molecule has 6 rings (SSSR count). The van der Waals surface area contributed by atoms with Gasteiger partial charge < -0.3 is 15.4 Å². The molecular weight excluding hydrogens is 478 g/mol. The number of aromatic nitrogens is 2. The Labute approximate surface area is 222 Å². The van der Waals surface area contributed by atoms with Gasteiger partial charge in [-0.15, -0.1) is 0 Å². The molecule has 2 fully saturated rings. The normalized spacial score (nSPS) is 20.1. The molecular formula is C30H33N5O3. The van der Waals surface area contributed by atoms with E-state index in [0.717, 1.165) is 63.3 Å². The van der Waals surface area contributed by atoms with Gasteiger partial charge in [-0.2, -0.15) is 0 Å². The third-order valence-corrected chi connectivity index (χ3v) is 8.63. The second-order valence-electron chi connectivity index (χ2n) is 10.9. The predicted octanol–water partition coefficient (Wildman–Crippen LogP) is 3.41. The number of nitrogens with two attached hydrogens (primary N) is 1. The van der Waals surface area contributed by atoms with Gasteiger partial charge in [-0.3, -0.25) is 14.5 Å². The van der Waals surface area contributed by atoms with E-state index in [2.05, 4.69) is 33.1 Å². The molecule has 3 aromatic rings. The van der Waals surface area contributed by atoms with Gasteiger partial charge in [-0.25, -0.2) is 9.97 Å². The summed E-state index contributed by atoms with van der Waals surface area (Å²) in [5, 5.41) is 0. The molecule has 1 unspecified atom stereocenters. The first kappa shape index (κ1) is 24.6. The van der Waals surface area contributed by atoms with Crippen molar-refractivity contribution >= 4 is 11.8 Å². The number of rotatable bonds is 6.